The number of hydrogen-bond donors (Lipinski definition) is 0. The minimum absolute atomic E-state index is 0.810. The summed E-state index contributed by atoms with van der Waals surface area (Å²) in [5.74, 6) is 3.91. The smallest absolute Gasteiger partial charge is 0.0348 e. The van der Waals surface area contributed by atoms with Gasteiger partial charge in [-0.1, -0.05) is 82.3 Å². The first-order valence-electron chi connectivity index (χ1n) is 14.8. The lowest BCUT2D eigenvalue weighted by molar-refractivity contribution is 0.157. The second-order valence-corrected chi connectivity index (χ2v) is 12.9. The average molecular weight is 487 g/mol. The molecule has 0 spiro atoms. The first-order valence-corrected chi connectivity index (χ1v) is 15.6. The maximum absolute atomic E-state index is 2.52. The van der Waals surface area contributed by atoms with Crippen LogP contribution in [0.4, 0.5) is 0 Å². The van der Waals surface area contributed by atoms with Gasteiger partial charge >= 0.3 is 0 Å². The molecule has 1 heteroatoms. The van der Waals surface area contributed by atoms with Crippen LogP contribution < -0.4 is 0 Å². The van der Waals surface area contributed by atoms with Gasteiger partial charge in [0.1, 0.15) is 0 Å². The summed E-state index contributed by atoms with van der Waals surface area (Å²) < 4.78 is 1.51. The highest BCUT2D eigenvalue weighted by molar-refractivity contribution is 7.19. The lowest BCUT2D eigenvalue weighted by atomic mass is 9.68. The van der Waals surface area contributed by atoms with E-state index in [-0.39, 0.29) is 0 Å². The molecule has 2 saturated carbocycles. The lowest BCUT2D eigenvalue weighted by Gasteiger charge is -2.37. The number of hydrogen-bond acceptors (Lipinski definition) is 1. The fraction of sp³-hybridized carbons (Fsp3) is 0.588. The van der Waals surface area contributed by atoms with Gasteiger partial charge in [-0.05, 0) is 116 Å². The minimum Gasteiger partial charge on any atom is -0.140 e. The van der Waals surface area contributed by atoms with E-state index in [4.69, 9.17) is 0 Å². The van der Waals surface area contributed by atoms with Crippen LogP contribution in [0.1, 0.15) is 112 Å². The monoisotopic (exact) mass is 486 g/mol. The van der Waals surface area contributed by atoms with E-state index < -0.39 is 0 Å². The Morgan fingerprint density at radius 1 is 0.629 bits per heavy atom. The summed E-state index contributed by atoms with van der Waals surface area (Å²) in [6, 6.07) is 19.1. The van der Waals surface area contributed by atoms with E-state index in [1.165, 1.54) is 104 Å². The molecule has 5 rings (SSSR count). The molecule has 0 aliphatic heterocycles. The quantitative estimate of drug-likeness (QED) is 0.282. The number of thiophene rings is 1. The summed E-state index contributed by atoms with van der Waals surface area (Å²) in [4.78, 5) is 1.66. The van der Waals surface area contributed by atoms with Gasteiger partial charge in [-0.15, -0.1) is 11.3 Å². The van der Waals surface area contributed by atoms with Gasteiger partial charge in [0.25, 0.3) is 0 Å². The van der Waals surface area contributed by atoms with Gasteiger partial charge < -0.3 is 0 Å². The summed E-state index contributed by atoms with van der Waals surface area (Å²) in [5, 5.41) is 1.47. The van der Waals surface area contributed by atoms with Crippen molar-refractivity contribution < 1.29 is 0 Å². The highest BCUT2D eigenvalue weighted by atomic mass is 32.1. The largest absolute Gasteiger partial charge is 0.140 e. The second kappa shape index (κ2) is 12.1. The summed E-state index contributed by atoms with van der Waals surface area (Å²) >= 11 is 2.09. The molecule has 188 valence electrons. The minimum atomic E-state index is 0.810. The molecule has 0 saturated heterocycles. The Kier molecular flexibility index (Phi) is 8.66. The Hall–Kier alpha value is -1.60. The Balaban J connectivity index is 1.14. The van der Waals surface area contributed by atoms with Crippen molar-refractivity contribution >= 4 is 21.4 Å². The molecule has 0 unspecified atom stereocenters. The van der Waals surface area contributed by atoms with Crippen LogP contribution in [0.2, 0.25) is 0 Å². The standard InChI is InChI=1S/C34H46S/c1-3-5-25-7-9-27(10-8-25)11-12-28-15-18-32-24-34(35-33(32)23-28)31-21-19-30(20-22-31)29-16-13-26(6-4-2)14-17-29/h7-10,15,18,23-24,26,29-31H,3-6,11-14,16-17,19-22H2,1-2H3. The molecule has 0 bridgehead atoms. The normalized spacial score (nSPS) is 25.2. The third kappa shape index (κ3) is 6.40. The number of benzene rings is 2. The molecular formula is C34H46S. The first-order chi connectivity index (χ1) is 17.2. The molecule has 0 amide bonds. The third-order valence-electron chi connectivity index (χ3n) is 9.30. The van der Waals surface area contributed by atoms with E-state index in [0.717, 1.165) is 36.5 Å². The van der Waals surface area contributed by atoms with Crippen molar-refractivity contribution in [1.29, 1.82) is 0 Å². The van der Waals surface area contributed by atoms with Gasteiger partial charge in [-0.25, -0.2) is 0 Å². The van der Waals surface area contributed by atoms with E-state index >= 15 is 0 Å². The molecule has 2 aromatic carbocycles. The SMILES string of the molecule is CCCc1ccc(CCc2ccc3cc(C4CCC(C5CCC(CCC)CC5)CC4)sc3c2)cc1. The van der Waals surface area contributed by atoms with Gasteiger partial charge in [-0.2, -0.15) is 0 Å². The fourth-order valence-electron chi connectivity index (χ4n) is 7.13. The van der Waals surface area contributed by atoms with E-state index in [1.54, 1.807) is 4.88 Å². The van der Waals surface area contributed by atoms with Crippen molar-refractivity contribution in [3.8, 4) is 0 Å². The predicted octanol–water partition coefficient (Wildman–Crippen LogP) is 10.5. The van der Waals surface area contributed by atoms with Gasteiger partial charge in [0.05, 0.1) is 0 Å². The maximum atomic E-state index is 2.52. The van der Waals surface area contributed by atoms with Crippen LogP contribution in [-0.2, 0) is 19.3 Å². The van der Waals surface area contributed by atoms with Crippen LogP contribution in [0.15, 0.2) is 48.5 Å². The average Bonchev–Trinajstić information content (AvgIpc) is 3.33. The first kappa shape index (κ1) is 25.1. The molecule has 2 aliphatic rings. The molecule has 0 nitrogen and oxygen atoms in total. The van der Waals surface area contributed by atoms with Crippen molar-refractivity contribution in [3.05, 3.63) is 70.1 Å². The van der Waals surface area contributed by atoms with E-state index in [9.17, 15) is 0 Å². The van der Waals surface area contributed by atoms with Gasteiger partial charge in [0.15, 0.2) is 0 Å². The highest BCUT2D eigenvalue weighted by Gasteiger charge is 2.31. The number of fused-ring (bicyclic) bond motifs is 1. The third-order valence-corrected chi connectivity index (χ3v) is 10.6. The fourth-order valence-corrected chi connectivity index (χ4v) is 8.43. The summed E-state index contributed by atoms with van der Waals surface area (Å²) in [5.41, 5.74) is 4.43. The van der Waals surface area contributed by atoms with Crippen molar-refractivity contribution in [2.45, 2.75) is 110 Å². The number of aryl methyl sites for hydroxylation is 3. The van der Waals surface area contributed by atoms with Crippen LogP contribution in [0.5, 0.6) is 0 Å². The molecule has 35 heavy (non-hydrogen) atoms. The van der Waals surface area contributed by atoms with Crippen LogP contribution >= 0.6 is 11.3 Å². The molecule has 2 aliphatic carbocycles. The van der Waals surface area contributed by atoms with Gasteiger partial charge in [0.2, 0.25) is 0 Å². The highest BCUT2D eigenvalue weighted by Crippen LogP contribution is 2.46. The zero-order chi connectivity index (χ0) is 24.0. The lowest BCUT2D eigenvalue weighted by Crippen LogP contribution is -2.25. The van der Waals surface area contributed by atoms with Crippen molar-refractivity contribution in [2.24, 2.45) is 17.8 Å². The Bertz CT molecular complexity index is 1040. The van der Waals surface area contributed by atoms with E-state index in [1.807, 2.05) is 0 Å². The zero-order valence-corrected chi connectivity index (χ0v) is 23.1. The molecule has 2 fully saturated rings. The summed E-state index contributed by atoms with van der Waals surface area (Å²) in [7, 11) is 0. The van der Waals surface area contributed by atoms with E-state index in [2.05, 4.69) is 73.7 Å². The topological polar surface area (TPSA) is 0 Å². The van der Waals surface area contributed by atoms with Crippen LogP contribution in [-0.4, -0.2) is 0 Å². The molecule has 0 radical (unpaired) electrons. The van der Waals surface area contributed by atoms with E-state index in [0.29, 0.717) is 0 Å². The van der Waals surface area contributed by atoms with Gasteiger partial charge in [0, 0.05) is 9.58 Å². The zero-order valence-electron chi connectivity index (χ0n) is 22.2. The summed E-state index contributed by atoms with van der Waals surface area (Å²) in [6.07, 6.45) is 19.4. The Morgan fingerprint density at radius 2 is 1.23 bits per heavy atom. The molecule has 0 atom stereocenters. The Morgan fingerprint density at radius 3 is 1.89 bits per heavy atom. The Labute approximate surface area is 218 Å². The number of rotatable bonds is 9. The van der Waals surface area contributed by atoms with Crippen molar-refractivity contribution in [1.82, 2.24) is 0 Å². The van der Waals surface area contributed by atoms with Crippen LogP contribution in [0, 0.1) is 17.8 Å². The van der Waals surface area contributed by atoms with Crippen molar-refractivity contribution in [2.75, 3.05) is 0 Å². The summed E-state index contributed by atoms with van der Waals surface area (Å²) in [6.45, 7) is 4.61. The molecular weight excluding hydrogens is 440 g/mol. The predicted molar refractivity (Wildman–Crippen MR) is 155 cm³/mol. The van der Waals surface area contributed by atoms with Crippen molar-refractivity contribution in [3.63, 3.8) is 0 Å². The molecule has 1 aromatic heterocycles. The second-order valence-electron chi connectivity index (χ2n) is 11.8. The molecule has 0 N–H and O–H groups in total. The molecule has 3 aromatic rings. The maximum Gasteiger partial charge on any atom is 0.0348 e. The van der Waals surface area contributed by atoms with Crippen LogP contribution in [0.3, 0.4) is 0 Å². The molecule has 1 heterocycles. The van der Waals surface area contributed by atoms with Crippen LogP contribution in [0.25, 0.3) is 10.1 Å². The van der Waals surface area contributed by atoms with Gasteiger partial charge in [-0.3, -0.25) is 0 Å².